The minimum atomic E-state index is -3.78. The van der Waals surface area contributed by atoms with Gasteiger partial charge in [0.05, 0.1) is 117 Å². The summed E-state index contributed by atoms with van der Waals surface area (Å²) in [6.07, 6.45) is 8.74. The van der Waals surface area contributed by atoms with Gasteiger partial charge in [-0.25, -0.2) is 0 Å². The Morgan fingerprint density at radius 2 is 0.837 bits per heavy atom. The van der Waals surface area contributed by atoms with Gasteiger partial charge in [0.15, 0.2) is 0 Å². The lowest BCUT2D eigenvalue weighted by Gasteiger charge is -2.09. The lowest BCUT2D eigenvalue weighted by molar-refractivity contribution is -0.145. The fourth-order valence-corrected chi connectivity index (χ4v) is 5.02. The number of hydrogen-bond donors (Lipinski definition) is 0. The third-order valence-electron chi connectivity index (χ3n) is 6.86. The van der Waals surface area contributed by atoms with Gasteiger partial charge in [-0.2, -0.15) is 8.42 Å². The molecule has 1 aromatic carbocycles. The van der Waals surface area contributed by atoms with Crippen molar-refractivity contribution in [3.63, 3.8) is 0 Å². The Balaban J connectivity index is 1.70. The van der Waals surface area contributed by atoms with E-state index in [9.17, 15) is 13.2 Å². The molecule has 0 N–H and O–H groups in total. The predicted molar refractivity (Wildman–Crippen MR) is 184 cm³/mol. The number of unbranched alkanes of at least 4 members (excludes halogenated alkanes) is 6. The molecule has 0 aliphatic carbocycles. The molecule has 0 unspecified atom stereocenters. The van der Waals surface area contributed by atoms with Crippen LogP contribution in [0.15, 0.2) is 29.2 Å². The van der Waals surface area contributed by atoms with Crippen LogP contribution in [0.1, 0.15) is 63.9 Å². The van der Waals surface area contributed by atoms with Crippen molar-refractivity contribution in [2.24, 2.45) is 0 Å². The SMILES string of the molecule is CCCCCCCCCC(=O)OCCOCCOCCOCCOCCOCCOCCOCCOCCOS(=O)(=O)c1ccc(C)cc1. The Kier molecular flexibility index (Phi) is 30.9. The molecule has 0 saturated carbocycles. The molecule has 0 spiro atoms. The minimum absolute atomic E-state index is 0.0614. The zero-order chi connectivity index (χ0) is 35.5. The van der Waals surface area contributed by atoms with E-state index in [1.807, 2.05) is 6.92 Å². The van der Waals surface area contributed by atoms with Crippen LogP contribution in [0, 0.1) is 6.92 Å². The van der Waals surface area contributed by atoms with Gasteiger partial charge in [-0.3, -0.25) is 8.98 Å². The highest BCUT2D eigenvalue weighted by molar-refractivity contribution is 7.86. The molecule has 0 aromatic heterocycles. The summed E-state index contributed by atoms with van der Waals surface area (Å²) < 4.78 is 77.8. The first-order valence-electron chi connectivity index (χ1n) is 17.7. The van der Waals surface area contributed by atoms with Gasteiger partial charge in [-0.1, -0.05) is 63.1 Å². The van der Waals surface area contributed by atoms with Crippen LogP contribution in [-0.4, -0.2) is 133 Å². The minimum Gasteiger partial charge on any atom is -0.463 e. The molecule has 0 bridgehead atoms. The van der Waals surface area contributed by atoms with Crippen LogP contribution in [0.5, 0.6) is 0 Å². The Morgan fingerprint density at radius 3 is 1.24 bits per heavy atom. The topological polar surface area (TPSA) is 144 Å². The van der Waals surface area contributed by atoms with Crippen molar-refractivity contribution in [1.82, 2.24) is 0 Å². The molecule has 49 heavy (non-hydrogen) atoms. The van der Waals surface area contributed by atoms with Gasteiger partial charge in [0.2, 0.25) is 0 Å². The molecular formula is C35H62O13S. The van der Waals surface area contributed by atoms with Gasteiger partial charge in [0.1, 0.15) is 6.61 Å². The summed E-state index contributed by atoms with van der Waals surface area (Å²) in [5.41, 5.74) is 0.974. The zero-order valence-electron chi connectivity index (χ0n) is 29.9. The zero-order valence-corrected chi connectivity index (χ0v) is 30.7. The van der Waals surface area contributed by atoms with Crippen molar-refractivity contribution in [3.8, 4) is 0 Å². The summed E-state index contributed by atoms with van der Waals surface area (Å²) in [6.45, 7) is 11.0. The van der Waals surface area contributed by atoms with E-state index >= 15 is 0 Å². The maximum absolute atomic E-state index is 12.1. The van der Waals surface area contributed by atoms with Crippen LogP contribution in [-0.2, 0) is 61.7 Å². The van der Waals surface area contributed by atoms with E-state index in [4.69, 9.17) is 46.8 Å². The number of hydrogen-bond acceptors (Lipinski definition) is 13. The normalized spacial score (nSPS) is 11.7. The molecule has 0 amide bonds. The third kappa shape index (κ3) is 29.7. The number of carbonyl (C=O) groups is 1. The number of ether oxygens (including phenoxy) is 9. The van der Waals surface area contributed by atoms with Crippen molar-refractivity contribution < 1.29 is 60.0 Å². The van der Waals surface area contributed by atoms with Crippen LogP contribution < -0.4 is 0 Å². The highest BCUT2D eigenvalue weighted by Gasteiger charge is 2.14. The van der Waals surface area contributed by atoms with Crippen LogP contribution >= 0.6 is 0 Å². The second-order valence-electron chi connectivity index (χ2n) is 11.1. The van der Waals surface area contributed by atoms with Gasteiger partial charge < -0.3 is 42.6 Å². The van der Waals surface area contributed by atoms with Gasteiger partial charge in [-0.15, -0.1) is 0 Å². The van der Waals surface area contributed by atoms with Gasteiger partial charge in [-0.05, 0) is 25.5 Å². The van der Waals surface area contributed by atoms with Crippen LogP contribution in [0.25, 0.3) is 0 Å². The second kappa shape index (κ2) is 33.4. The van der Waals surface area contributed by atoms with Crippen LogP contribution in [0.4, 0.5) is 0 Å². The molecular weight excluding hydrogens is 660 g/mol. The second-order valence-corrected chi connectivity index (χ2v) is 12.7. The highest BCUT2D eigenvalue weighted by Crippen LogP contribution is 2.13. The molecule has 1 aromatic rings. The largest absolute Gasteiger partial charge is 0.463 e. The number of rotatable bonds is 37. The molecule has 0 atom stereocenters. The summed E-state index contributed by atoms with van der Waals surface area (Å²) in [7, 11) is -3.78. The first-order valence-corrected chi connectivity index (χ1v) is 19.1. The van der Waals surface area contributed by atoms with Crippen molar-refractivity contribution in [2.45, 2.75) is 70.1 Å². The first-order chi connectivity index (χ1) is 24.0. The molecule has 0 fully saturated rings. The lowest BCUT2D eigenvalue weighted by atomic mass is 10.1. The molecule has 0 saturated heterocycles. The Labute approximate surface area is 294 Å². The van der Waals surface area contributed by atoms with Crippen molar-refractivity contribution in [3.05, 3.63) is 29.8 Å². The standard InChI is InChI=1S/C35H62O13S/c1-3-4-5-6-7-8-9-10-35(36)47-31-29-45-27-25-43-23-21-41-19-17-39-15-16-40-18-20-42-22-24-44-26-28-46-30-32-48-49(37,38)34-13-11-33(2)12-14-34/h11-14H,3-10,15-32H2,1-2H3. The Hall–Kier alpha value is -1.72. The molecule has 0 radical (unpaired) electrons. The molecule has 0 aliphatic heterocycles. The number of carbonyl (C=O) groups excluding carboxylic acids is 1. The van der Waals surface area contributed by atoms with Gasteiger partial charge in [0, 0.05) is 6.42 Å². The molecule has 0 heterocycles. The van der Waals surface area contributed by atoms with Crippen molar-refractivity contribution >= 4 is 16.1 Å². The molecule has 13 nitrogen and oxygen atoms in total. The van der Waals surface area contributed by atoms with E-state index in [0.29, 0.717) is 106 Å². The monoisotopic (exact) mass is 722 g/mol. The molecule has 286 valence electrons. The summed E-state index contributed by atoms with van der Waals surface area (Å²) >= 11 is 0. The van der Waals surface area contributed by atoms with Crippen molar-refractivity contribution in [1.29, 1.82) is 0 Å². The molecule has 1 rings (SSSR count). The van der Waals surface area contributed by atoms with Crippen molar-refractivity contribution in [2.75, 3.05) is 119 Å². The van der Waals surface area contributed by atoms with Gasteiger partial charge >= 0.3 is 5.97 Å². The summed E-state index contributed by atoms with van der Waals surface area (Å²) in [6, 6.07) is 6.48. The van der Waals surface area contributed by atoms with E-state index in [0.717, 1.165) is 18.4 Å². The van der Waals surface area contributed by atoms with Crippen LogP contribution in [0.2, 0.25) is 0 Å². The molecule has 0 aliphatic rings. The highest BCUT2D eigenvalue weighted by atomic mass is 32.2. The average Bonchev–Trinajstić information content (AvgIpc) is 3.09. The summed E-state index contributed by atoms with van der Waals surface area (Å²) in [4.78, 5) is 11.8. The van der Waals surface area contributed by atoms with E-state index in [2.05, 4.69) is 6.92 Å². The first kappa shape index (κ1) is 45.3. The summed E-state index contributed by atoms with van der Waals surface area (Å²) in [5, 5.41) is 0. The third-order valence-corrected chi connectivity index (χ3v) is 8.18. The fourth-order valence-electron chi connectivity index (χ4n) is 4.13. The average molecular weight is 723 g/mol. The van der Waals surface area contributed by atoms with Gasteiger partial charge in [0.25, 0.3) is 10.1 Å². The van der Waals surface area contributed by atoms with E-state index in [1.54, 1.807) is 12.1 Å². The van der Waals surface area contributed by atoms with E-state index in [-0.39, 0.29) is 30.7 Å². The predicted octanol–water partition coefficient (Wildman–Crippen LogP) is 4.52. The number of benzene rings is 1. The Bertz CT molecular complexity index is 976. The van der Waals surface area contributed by atoms with E-state index in [1.165, 1.54) is 44.2 Å². The maximum atomic E-state index is 12.1. The molecule has 14 heteroatoms. The fraction of sp³-hybridized carbons (Fsp3) is 0.800. The quantitative estimate of drug-likeness (QED) is 0.0540. The van der Waals surface area contributed by atoms with Crippen LogP contribution in [0.3, 0.4) is 0 Å². The summed E-state index contributed by atoms with van der Waals surface area (Å²) in [5.74, 6) is -0.149. The Morgan fingerprint density at radius 1 is 0.490 bits per heavy atom. The maximum Gasteiger partial charge on any atom is 0.305 e. The number of aryl methyl sites for hydroxylation is 1. The van der Waals surface area contributed by atoms with E-state index < -0.39 is 10.1 Å². The lowest BCUT2D eigenvalue weighted by Crippen LogP contribution is -2.16. The smallest absolute Gasteiger partial charge is 0.305 e. The number of esters is 1.